The molecular formula is C26H19ClN4O3. The zero-order valence-electron chi connectivity index (χ0n) is 18.4. The number of nitriles is 1. The van der Waals surface area contributed by atoms with Gasteiger partial charge in [-0.2, -0.15) is 10.2 Å². The van der Waals surface area contributed by atoms with Crippen LogP contribution < -0.4 is 15.6 Å². The molecule has 2 aromatic carbocycles. The fraction of sp³-hybridized carbons (Fsp3) is 0.0769. The van der Waals surface area contributed by atoms with Crippen molar-refractivity contribution in [2.45, 2.75) is 13.8 Å². The van der Waals surface area contributed by atoms with E-state index in [-0.39, 0.29) is 17.0 Å². The molecule has 0 bridgehead atoms. The quantitative estimate of drug-likeness (QED) is 0.315. The van der Waals surface area contributed by atoms with Gasteiger partial charge in [0.25, 0.3) is 11.5 Å². The Morgan fingerprint density at radius 3 is 2.50 bits per heavy atom. The number of amides is 1. The van der Waals surface area contributed by atoms with E-state index in [0.29, 0.717) is 22.1 Å². The summed E-state index contributed by atoms with van der Waals surface area (Å²) in [6, 6.07) is 19.1. The number of pyridine rings is 1. The van der Waals surface area contributed by atoms with Gasteiger partial charge >= 0.3 is 0 Å². The summed E-state index contributed by atoms with van der Waals surface area (Å²) >= 11 is 5.95. The number of aromatic nitrogens is 2. The molecule has 8 heteroatoms. The summed E-state index contributed by atoms with van der Waals surface area (Å²) in [5.74, 6) is -0.290. The lowest BCUT2D eigenvalue weighted by Crippen LogP contribution is -2.20. The van der Waals surface area contributed by atoms with Crippen LogP contribution >= 0.6 is 11.6 Å². The number of ether oxygens (including phenoxy) is 1. The molecule has 4 aromatic rings. The molecule has 0 aliphatic carbocycles. The van der Waals surface area contributed by atoms with Crippen LogP contribution in [-0.4, -0.2) is 15.3 Å². The number of hydrogen-bond acceptors (Lipinski definition) is 5. The van der Waals surface area contributed by atoms with E-state index < -0.39 is 11.5 Å². The molecule has 0 aliphatic heterocycles. The number of carbonyl (C=O) groups excluding carboxylic acids is 1. The van der Waals surface area contributed by atoms with Crippen LogP contribution in [0, 0.1) is 25.2 Å². The Labute approximate surface area is 200 Å². The first-order valence-corrected chi connectivity index (χ1v) is 10.7. The van der Waals surface area contributed by atoms with E-state index in [1.807, 2.05) is 38.1 Å². The van der Waals surface area contributed by atoms with Gasteiger partial charge in [0.05, 0.1) is 0 Å². The van der Waals surface area contributed by atoms with E-state index in [9.17, 15) is 14.9 Å². The Hall–Kier alpha value is -4.41. The van der Waals surface area contributed by atoms with Gasteiger partial charge in [-0.15, -0.1) is 0 Å². The lowest BCUT2D eigenvalue weighted by atomic mass is 10.1. The molecule has 1 amide bonds. The van der Waals surface area contributed by atoms with Gasteiger partial charge in [-0.25, -0.2) is 0 Å². The summed E-state index contributed by atoms with van der Waals surface area (Å²) in [5, 5.41) is 12.9. The molecule has 0 radical (unpaired) electrons. The third-order valence-corrected chi connectivity index (χ3v) is 5.29. The van der Waals surface area contributed by atoms with Crippen LogP contribution in [0.15, 0.2) is 77.2 Å². The van der Waals surface area contributed by atoms with E-state index in [0.717, 1.165) is 11.1 Å². The number of rotatable bonds is 5. The molecule has 2 heterocycles. The Morgan fingerprint density at radius 2 is 1.82 bits per heavy atom. The van der Waals surface area contributed by atoms with Gasteiger partial charge in [-0.05, 0) is 68.0 Å². The highest BCUT2D eigenvalue weighted by Gasteiger charge is 2.18. The van der Waals surface area contributed by atoms with Crippen molar-refractivity contribution < 1.29 is 9.53 Å². The lowest BCUT2D eigenvalue weighted by Gasteiger charge is -2.11. The van der Waals surface area contributed by atoms with E-state index >= 15 is 0 Å². The summed E-state index contributed by atoms with van der Waals surface area (Å²) in [6.07, 6.45) is 2.76. The second-order valence-electron chi connectivity index (χ2n) is 7.57. The molecule has 4 rings (SSSR count). The number of fused-ring (bicyclic) bond motifs is 1. The summed E-state index contributed by atoms with van der Waals surface area (Å²) in [4.78, 5) is 30.6. The van der Waals surface area contributed by atoms with Gasteiger partial charge in [0.1, 0.15) is 28.6 Å². The number of nitrogens with zero attached hydrogens (tertiary/aromatic N) is 3. The van der Waals surface area contributed by atoms with Crippen LogP contribution in [0.25, 0.3) is 11.7 Å². The summed E-state index contributed by atoms with van der Waals surface area (Å²) in [6.45, 7) is 3.75. The number of carbonyl (C=O) groups is 1. The Morgan fingerprint density at radius 1 is 1.12 bits per heavy atom. The second-order valence-corrected chi connectivity index (χ2v) is 8.00. The number of halogens is 1. The normalized spacial score (nSPS) is 11.2. The molecule has 0 saturated carbocycles. The number of aryl methyl sites for hydroxylation is 2. The predicted octanol–water partition coefficient (Wildman–Crippen LogP) is 5.30. The lowest BCUT2D eigenvalue weighted by molar-refractivity contribution is -0.112. The highest BCUT2D eigenvalue weighted by Crippen LogP contribution is 2.26. The monoisotopic (exact) mass is 470 g/mol. The van der Waals surface area contributed by atoms with E-state index in [2.05, 4.69) is 10.3 Å². The first-order valence-electron chi connectivity index (χ1n) is 10.3. The van der Waals surface area contributed by atoms with Crippen LogP contribution in [0.4, 0.5) is 5.69 Å². The molecule has 34 heavy (non-hydrogen) atoms. The van der Waals surface area contributed by atoms with Crippen LogP contribution in [-0.2, 0) is 4.79 Å². The fourth-order valence-electron chi connectivity index (χ4n) is 3.24. The predicted molar refractivity (Wildman–Crippen MR) is 131 cm³/mol. The van der Waals surface area contributed by atoms with Gasteiger partial charge in [0.15, 0.2) is 0 Å². The molecule has 0 fully saturated rings. The van der Waals surface area contributed by atoms with Crippen molar-refractivity contribution in [2.24, 2.45) is 0 Å². The number of hydrogen-bond donors (Lipinski definition) is 1. The highest BCUT2D eigenvalue weighted by molar-refractivity contribution is 6.30. The first kappa shape index (κ1) is 22.8. The van der Waals surface area contributed by atoms with Crippen molar-refractivity contribution in [1.29, 1.82) is 5.26 Å². The summed E-state index contributed by atoms with van der Waals surface area (Å²) in [5.41, 5.74) is 1.93. The number of anilines is 1. The van der Waals surface area contributed by atoms with Gasteiger partial charge in [0.2, 0.25) is 5.88 Å². The molecule has 168 valence electrons. The van der Waals surface area contributed by atoms with Crippen molar-refractivity contribution in [1.82, 2.24) is 9.38 Å². The molecule has 0 unspecified atom stereocenters. The van der Waals surface area contributed by atoms with Crippen molar-refractivity contribution in [3.05, 3.63) is 105 Å². The van der Waals surface area contributed by atoms with Crippen molar-refractivity contribution in [2.75, 3.05) is 5.32 Å². The number of benzene rings is 2. The SMILES string of the molecule is Cc1ccc(NC(=O)C(C#N)=Cc2c(Oc3ccc(Cl)cc3)nc3c(C)cccn3c2=O)cc1. The van der Waals surface area contributed by atoms with Crippen molar-refractivity contribution >= 4 is 34.9 Å². The van der Waals surface area contributed by atoms with Gasteiger partial charge in [-0.1, -0.05) is 35.4 Å². The molecule has 0 spiro atoms. The van der Waals surface area contributed by atoms with Crippen molar-refractivity contribution in [3.63, 3.8) is 0 Å². The topological polar surface area (TPSA) is 96.5 Å². The van der Waals surface area contributed by atoms with E-state index in [1.165, 1.54) is 10.5 Å². The maximum absolute atomic E-state index is 13.4. The molecule has 0 saturated heterocycles. The van der Waals surface area contributed by atoms with Crippen LogP contribution in [0.5, 0.6) is 11.6 Å². The standard InChI is InChI=1S/C26H19ClN4O3/c1-16-5-9-20(10-6-16)29-24(32)18(15-28)14-22-25(34-21-11-7-19(27)8-12-21)30-23-17(2)4-3-13-31(23)26(22)33/h3-14H,1-2H3,(H,29,32). The largest absolute Gasteiger partial charge is 0.438 e. The molecular weight excluding hydrogens is 452 g/mol. The zero-order chi connectivity index (χ0) is 24.2. The summed E-state index contributed by atoms with van der Waals surface area (Å²) in [7, 11) is 0. The van der Waals surface area contributed by atoms with Crippen LogP contribution in [0.1, 0.15) is 16.7 Å². The first-order chi connectivity index (χ1) is 16.4. The van der Waals surface area contributed by atoms with E-state index in [4.69, 9.17) is 16.3 Å². The van der Waals surface area contributed by atoms with Crippen molar-refractivity contribution in [3.8, 4) is 17.7 Å². The fourth-order valence-corrected chi connectivity index (χ4v) is 3.36. The molecule has 0 aliphatic rings. The number of nitrogens with one attached hydrogen (secondary N) is 1. The van der Waals surface area contributed by atoms with Crippen LogP contribution in [0.2, 0.25) is 5.02 Å². The minimum Gasteiger partial charge on any atom is -0.438 e. The molecule has 0 atom stereocenters. The average molecular weight is 471 g/mol. The average Bonchev–Trinajstić information content (AvgIpc) is 2.82. The molecule has 7 nitrogen and oxygen atoms in total. The zero-order valence-corrected chi connectivity index (χ0v) is 19.1. The minimum absolute atomic E-state index is 0.0301. The Balaban J connectivity index is 1.82. The van der Waals surface area contributed by atoms with Gasteiger partial charge in [0, 0.05) is 16.9 Å². The van der Waals surface area contributed by atoms with E-state index in [1.54, 1.807) is 48.7 Å². The molecule has 1 N–H and O–H groups in total. The third kappa shape index (κ3) is 4.82. The Bertz CT molecular complexity index is 1520. The maximum Gasteiger partial charge on any atom is 0.269 e. The maximum atomic E-state index is 13.4. The minimum atomic E-state index is -0.655. The third-order valence-electron chi connectivity index (χ3n) is 5.04. The molecule has 2 aromatic heterocycles. The van der Waals surface area contributed by atoms with Crippen LogP contribution in [0.3, 0.4) is 0 Å². The Kier molecular flexibility index (Phi) is 6.44. The smallest absolute Gasteiger partial charge is 0.269 e. The van der Waals surface area contributed by atoms with Gasteiger partial charge in [-0.3, -0.25) is 14.0 Å². The summed E-state index contributed by atoms with van der Waals surface area (Å²) < 4.78 is 7.25. The second kappa shape index (κ2) is 9.61. The highest BCUT2D eigenvalue weighted by atomic mass is 35.5. The van der Waals surface area contributed by atoms with Gasteiger partial charge < -0.3 is 10.1 Å².